The Morgan fingerprint density at radius 1 is 1.24 bits per heavy atom. The van der Waals surface area contributed by atoms with Gasteiger partial charge >= 0.3 is 6.18 Å². The zero-order valence-corrected chi connectivity index (χ0v) is 17.2. The van der Waals surface area contributed by atoms with Crippen molar-refractivity contribution in [2.75, 3.05) is 13.1 Å². The fourth-order valence-corrected chi connectivity index (χ4v) is 3.99. The van der Waals surface area contributed by atoms with E-state index in [-0.39, 0.29) is 36.5 Å². The normalized spacial score (nSPS) is 22.6. The molecule has 0 bridgehead atoms. The quantitative estimate of drug-likeness (QED) is 0.660. The van der Waals surface area contributed by atoms with Gasteiger partial charge in [-0.3, -0.25) is 9.59 Å². The van der Waals surface area contributed by atoms with Crippen molar-refractivity contribution in [3.63, 3.8) is 0 Å². The molecule has 4 rings (SSSR count). The smallest absolute Gasteiger partial charge is 0.351 e. The topological polar surface area (TPSA) is 78.8 Å². The van der Waals surface area contributed by atoms with E-state index in [1.807, 2.05) is 5.32 Å². The predicted octanol–water partition coefficient (Wildman–Crippen LogP) is 2.00. The minimum atomic E-state index is -4.80. The van der Waals surface area contributed by atoms with Crippen LogP contribution in [0.5, 0.6) is 0 Å². The van der Waals surface area contributed by atoms with E-state index in [1.165, 1.54) is 41.6 Å². The number of aromatic nitrogens is 1. The SMILES string of the molecule is O=C(NC(c1cccc[nH+]1)C(F)(F)F)C1=C2C=CC=CN2C(C(=O)N2CCCC(F)(F)C2)N1. The Balaban J connectivity index is 1.57. The maximum atomic E-state index is 13.8. The second-order valence-corrected chi connectivity index (χ2v) is 7.90. The molecule has 2 amide bonds. The van der Waals surface area contributed by atoms with Crippen molar-refractivity contribution in [1.29, 1.82) is 0 Å². The average molecular weight is 470 g/mol. The number of H-pyrrole nitrogens is 1. The minimum absolute atomic E-state index is 0.121. The number of hydrogen-bond acceptors (Lipinski definition) is 4. The number of amides is 2. The highest BCUT2D eigenvalue weighted by Crippen LogP contribution is 2.33. The fourth-order valence-electron chi connectivity index (χ4n) is 3.99. The van der Waals surface area contributed by atoms with Gasteiger partial charge in [0.1, 0.15) is 5.70 Å². The first-order chi connectivity index (χ1) is 15.6. The fraction of sp³-hybridized carbons (Fsp3) is 0.381. The summed E-state index contributed by atoms with van der Waals surface area (Å²) in [5.41, 5.74) is -0.376. The number of carbonyl (C=O) groups is 2. The number of allylic oxidation sites excluding steroid dienone is 3. The molecule has 7 nitrogen and oxygen atoms in total. The number of alkyl halides is 5. The van der Waals surface area contributed by atoms with E-state index in [0.29, 0.717) is 0 Å². The summed E-state index contributed by atoms with van der Waals surface area (Å²) in [6.45, 7) is -0.634. The van der Waals surface area contributed by atoms with Gasteiger partial charge in [0.2, 0.25) is 11.7 Å². The number of fused-ring (bicyclic) bond motifs is 1. The van der Waals surface area contributed by atoms with Gasteiger partial charge in [0.25, 0.3) is 17.7 Å². The van der Waals surface area contributed by atoms with E-state index < -0.39 is 42.7 Å². The van der Waals surface area contributed by atoms with Crippen LogP contribution in [0.25, 0.3) is 0 Å². The van der Waals surface area contributed by atoms with Crippen LogP contribution in [-0.2, 0) is 9.59 Å². The van der Waals surface area contributed by atoms with Crippen molar-refractivity contribution in [2.24, 2.45) is 0 Å². The molecule has 3 aliphatic rings. The van der Waals surface area contributed by atoms with Crippen LogP contribution in [0, 0.1) is 0 Å². The van der Waals surface area contributed by atoms with Crippen LogP contribution in [-0.4, -0.2) is 53.0 Å². The molecule has 3 aliphatic heterocycles. The highest BCUT2D eigenvalue weighted by molar-refractivity contribution is 5.97. The first-order valence-electron chi connectivity index (χ1n) is 10.2. The van der Waals surface area contributed by atoms with Crippen LogP contribution in [0.4, 0.5) is 22.0 Å². The number of nitrogens with one attached hydrogen (secondary N) is 3. The highest BCUT2D eigenvalue weighted by Gasteiger charge is 2.48. The molecule has 0 aliphatic carbocycles. The summed E-state index contributed by atoms with van der Waals surface area (Å²) < 4.78 is 68.6. The molecule has 1 aromatic heterocycles. The average Bonchev–Trinajstić information content (AvgIpc) is 3.16. The van der Waals surface area contributed by atoms with Gasteiger partial charge in [-0.2, -0.15) is 13.2 Å². The van der Waals surface area contributed by atoms with Gasteiger partial charge in [0.05, 0.1) is 12.2 Å². The third kappa shape index (κ3) is 4.69. The number of hydrogen-bond donors (Lipinski definition) is 2. The van der Waals surface area contributed by atoms with Crippen molar-refractivity contribution in [3.05, 3.63) is 65.9 Å². The first-order valence-corrected chi connectivity index (χ1v) is 10.2. The van der Waals surface area contributed by atoms with Crippen LogP contribution in [0.3, 0.4) is 0 Å². The largest absolute Gasteiger partial charge is 0.418 e. The van der Waals surface area contributed by atoms with Gasteiger partial charge < -0.3 is 20.4 Å². The molecule has 0 aromatic carbocycles. The summed E-state index contributed by atoms with van der Waals surface area (Å²) >= 11 is 0. The van der Waals surface area contributed by atoms with Gasteiger partial charge in [0, 0.05) is 31.3 Å². The molecule has 1 aromatic rings. The Morgan fingerprint density at radius 3 is 2.70 bits per heavy atom. The summed E-state index contributed by atoms with van der Waals surface area (Å²) in [5, 5.41) is 4.60. The van der Waals surface area contributed by atoms with Crippen molar-refractivity contribution >= 4 is 11.8 Å². The summed E-state index contributed by atoms with van der Waals surface area (Å²) in [4.78, 5) is 30.7. The molecule has 12 heteroatoms. The van der Waals surface area contributed by atoms with Crippen LogP contribution >= 0.6 is 0 Å². The number of carbonyl (C=O) groups excluding carboxylic acids is 2. The molecule has 0 saturated carbocycles. The molecule has 33 heavy (non-hydrogen) atoms. The third-order valence-corrected chi connectivity index (χ3v) is 5.52. The number of halogens is 5. The van der Waals surface area contributed by atoms with Crippen molar-refractivity contribution < 1.29 is 36.5 Å². The standard InChI is InChI=1S/C21H20F5N5O2/c22-20(23)8-5-10-30(12-20)19(33)17-28-15(14-7-2-4-11-31(14)17)18(32)29-16(21(24,25)26)13-6-1-3-9-27-13/h1-4,6-7,9,11,16-17,28H,5,8,10,12H2,(H,29,32)/p+1. The van der Waals surface area contributed by atoms with Crippen LogP contribution in [0.1, 0.15) is 24.6 Å². The second kappa shape index (κ2) is 8.49. The minimum Gasteiger partial charge on any atom is -0.351 e. The maximum Gasteiger partial charge on any atom is 0.418 e. The van der Waals surface area contributed by atoms with Crippen molar-refractivity contribution in [3.8, 4) is 0 Å². The Labute approximate surface area is 185 Å². The summed E-state index contributed by atoms with van der Waals surface area (Å²) in [7, 11) is 0. The zero-order valence-electron chi connectivity index (χ0n) is 17.2. The van der Waals surface area contributed by atoms with Gasteiger partial charge in [-0.05, 0) is 18.6 Å². The number of rotatable bonds is 4. The molecule has 1 saturated heterocycles. The molecule has 4 heterocycles. The Hall–Kier alpha value is -3.44. The summed E-state index contributed by atoms with van der Waals surface area (Å²) in [5.74, 6) is -4.81. The van der Waals surface area contributed by atoms with E-state index in [1.54, 1.807) is 12.2 Å². The monoisotopic (exact) mass is 470 g/mol. The second-order valence-electron chi connectivity index (χ2n) is 7.90. The Kier molecular flexibility index (Phi) is 5.85. The van der Waals surface area contributed by atoms with E-state index in [9.17, 15) is 31.5 Å². The lowest BCUT2D eigenvalue weighted by Crippen LogP contribution is -2.55. The predicted molar refractivity (Wildman–Crippen MR) is 105 cm³/mol. The van der Waals surface area contributed by atoms with E-state index in [0.717, 1.165) is 4.90 Å². The van der Waals surface area contributed by atoms with Crippen LogP contribution in [0.2, 0.25) is 0 Å². The number of nitrogens with zero attached hydrogens (tertiary/aromatic N) is 2. The molecular weight excluding hydrogens is 449 g/mol. The molecule has 0 spiro atoms. The van der Waals surface area contributed by atoms with E-state index in [2.05, 4.69) is 10.3 Å². The molecular formula is C21H21F5N5O2+. The molecule has 2 unspecified atom stereocenters. The summed E-state index contributed by atoms with van der Waals surface area (Å²) in [6.07, 6.45) is 1.09. The van der Waals surface area contributed by atoms with Gasteiger partial charge in [-0.25, -0.2) is 13.8 Å². The lowest BCUT2D eigenvalue weighted by Gasteiger charge is -2.36. The molecule has 176 valence electrons. The molecule has 2 atom stereocenters. The number of pyridine rings is 1. The number of aromatic amines is 1. The summed E-state index contributed by atoms with van der Waals surface area (Å²) in [6, 6.07) is 1.76. The van der Waals surface area contributed by atoms with E-state index in [4.69, 9.17) is 0 Å². The number of likely N-dealkylation sites (tertiary alicyclic amines) is 1. The first kappa shape index (κ1) is 22.7. The van der Waals surface area contributed by atoms with Gasteiger partial charge in [-0.15, -0.1) is 0 Å². The lowest BCUT2D eigenvalue weighted by molar-refractivity contribution is -0.401. The Bertz CT molecular complexity index is 1020. The molecule has 0 radical (unpaired) electrons. The van der Waals surface area contributed by atoms with Crippen LogP contribution in [0.15, 0.2) is 60.2 Å². The number of piperidine rings is 1. The van der Waals surface area contributed by atoms with Crippen molar-refractivity contribution in [2.45, 2.75) is 37.1 Å². The Morgan fingerprint density at radius 2 is 2.03 bits per heavy atom. The van der Waals surface area contributed by atoms with E-state index >= 15 is 0 Å². The zero-order chi connectivity index (χ0) is 23.8. The van der Waals surface area contributed by atoms with Crippen molar-refractivity contribution in [1.82, 2.24) is 20.4 Å². The molecule has 1 fully saturated rings. The molecule has 3 N–H and O–H groups in total. The van der Waals surface area contributed by atoms with Crippen LogP contribution < -0.4 is 15.6 Å². The lowest BCUT2D eigenvalue weighted by atomic mass is 10.1. The maximum absolute atomic E-state index is 13.8. The van der Waals surface area contributed by atoms with Gasteiger partial charge in [0.15, 0.2) is 12.4 Å². The highest BCUT2D eigenvalue weighted by atomic mass is 19.4. The third-order valence-electron chi connectivity index (χ3n) is 5.52. The van der Waals surface area contributed by atoms with Gasteiger partial charge in [-0.1, -0.05) is 12.1 Å².